The van der Waals surface area contributed by atoms with Crippen molar-refractivity contribution in [2.75, 3.05) is 0 Å². The lowest BCUT2D eigenvalue weighted by atomic mass is 9.84. The smallest absolute Gasteiger partial charge is 0.427 e. The van der Waals surface area contributed by atoms with Crippen molar-refractivity contribution in [3.63, 3.8) is 0 Å². The van der Waals surface area contributed by atoms with Gasteiger partial charge in [0.1, 0.15) is 0 Å². The predicted molar refractivity (Wildman–Crippen MR) is 55.2 cm³/mol. The summed E-state index contributed by atoms with van der Waals surface area (Å²) in [7, 11) is -2.20. The van der Waals surface area contributed by atoms with E-state index in [0.717, 1.165) is 19.3 Å². The molecule has 0 amide bonds. The highest BCUT2D eigenvalue weighted by Crippen LogP contribution is 1.94. The summed E-state index contributed by atoms with van der Waals surface area (Å²) in [6.45, 7) is 3.92. The van der Waals surface area contributed by atoms with Crippen LogP contribution >= 0.6 is 0 Å². The van der Waals surface area contributed by atoms with Crippen LogP contribution in [0.3, 0.4) is 0 Å². The minimum atomic E-state index is -1.10. The zero-order valence-electron chi connectivity index (χ0n) is 8.48. The van der Waals surface area contributed by atoms with Crippen LogP contribution in [0.4, 0.5) is 0 Å². The van der Waals surface area contributed by atoms with E-state index in [1.165, 1.54) is 0 Å². The van der Waals surface area contributed by atoms with Crippen molar-refractivity contribution in [1.82, 2.24) is 0 Å². The van der Waals surface area contributed by atoms with Crippen molar-refractivity contribution in [2.24, 2.45) is 0 Å². The fourth-order valence-corrected chi connectivity index (χ4v) is 0.645. The number of hydrogen-bond acceptors (Lipinski definition) is 4. The van der Waals surface area contributed by atoms with Gasteiger partial charge >= 0.3 is 14.2 Å². The monoisotopic (exact) mass is 190 g/mol. The Morgan fingerprint density at radius 1 is 0.769 bits per heavy atom. The van der Waals surface area contributed by atoms with Gasteiger partial charge in [0.2, 0.25) is 0 Å². The maximum Gasteiger partial charge on any atom is 0.451 e. The summed E-state index contributed by atoms with van der Waals surface area (Å²) in [6.07, 6.45) is 3.75. The van der Waals surface area contributed by atoms with Crippen molar-refractivity contribution < 1.29 is 20.1 Å². The van der Waals surface area contributed by atoms with Crippen molar-refractivity contribution in [3.05, 3.63) is 0 Å². The molecule has 0 spiro atoms. The first kappa shape index (κ1) is 15.4. The van der Waals surface area contributed by atoms with Gasteiger partial charge < -0.3 is 20.1 Å². The molecule has 0 unspecified atom stereocenters. The standard InChI is InChI=1S/C4H11BO2.C3H9BO2/c1-2-3-4-5(6)7;1-2-3-4(5)6/h6-7H,2-4H2,1H3;5-6H,2-3H2,1H3. The minimum Gasteiger partial charge on any atom is -0.427 e. The van der Waals surface area contributed by atoms with E-state index in [0.29, 0.717) is 12.6 Å². The molecule has 0 aliphatic heterocycles. The van der Waals surface area contributed by atoms with E-state index in [-0.39, 0.29) is 0 Å². The van der Waals surface area contributed by atoms with Crippen LogP contribution in [0.15, 0.2) is 0 Å². The number of rotatable bonds is 5. The molecular formula is C7H20B2O4. The third-order valence-corrected chi connectivity index (χ3v) is 1.36. The Balaban J connectivity index is 0. The van der Waals surface area contributed by atoms with E-state index in [1.807, 2.05) is 13.8 Å². The highest BCUT2D eigenvalue weighted by Gasteiger charge is 2.02. The Morgan fingerprint density at radius 2 is 1.23 bits per heavy atom. The first-order valence-electron chi connectivity index (χ1n) is 4.76. The summed E-state index contributed by atoms with van der Waals surface area (Å²) in [5, 5.41) is 32.7. The molecule has 0 radical (unpaired) electrons. The van der Waals surface area contributed by atoms with Gasteiger partial charge in [-0.2, -0.15) is 0 Å². The normalized spacial score (nSPS) is 8.77. The lowest BCUT2D eigenvalue weighted by Gasteiger charge is -1.91. The van der Waals surface area contributed by atoms with E-state index in [4.69, 9.17) is 20.1 Å². The molecule has 0 aromatic heterocycles. The molecule has 0 fully saturated rings. The van der Waals surface area contributed by atoms with Gasteiger partial charge in [-0.3, -0.25) is 0 Å². The Morgan fingerprint density at radius 3 is 1.31 bits per heavy atom. The van der Waals surface area contributed by atoms with Gasteiger partial charge in [-0.05, 0) is 12.6 Å². The summed E-state index contributed by atoms with van der Waals surface area (Å²) >= 11 is 0. The molecule has 0 rings (SSSR count). The first-order valence-corrected chi connectivity index (χ1v) is 4.76. The van der Waals surface area contributed by atoms with Gasteiger partial charge in [0.15, 0.2) is 0 Å². The average Bonchev–Trinajstić information content (AvgIpc) is 2.01. The Bertz CT molecular complexity index is 90.6. The van der Waals surface area contributed by atoms with Crippen LogP contribution in [-0.2, 0) is 0 Å². The molecule has 4 N–H and O–H groups in total. The van der Waals surface area contributed by atoms with Crippen molar-refractivity contribution >= 4 is 14.2 Å². The van der Waals surface area contributed by atoms with Crippen LogP contribution < -0.4 is 0 Å². The molecule has 6 heteroatoms. The quantitative estimate of drug-likeness (QED) is 0.464. The third-order valence-electron chi connectivity index (χ3n) is 1.36. The number of hydrogen-bond donors (Lipinski definition) is 4. The largest absolute Gasteiger partial charge is 0.451 e. The molecule has 0 aliphatic carbocycles. The minimum absolute atomic E-state index is 0.486. The average molecular weight is 190 g/mol. The third kappa shape index (κ3) is 24.5. The maximum absolute atomic E-state index is 8.24. The summed E-state index contributed by atoms with van der Waals surface area (Å²) < 4.78 is 0. The van der Waals surface area contributed by atoms with Crippen molar-refractivity contribution in [2.45, 2.75) is 45.8 Å². The van der Waals surface area contributed by atoms with Gasteiger partial charge in [0, 0.05) is 0 Å². The highest BCUT2D eigenvalue weighted by molar-refractivity contribution is 6.41. The van der Waals surface area contributed by atoms with Crippen molar-refractivity contribution in [3.8, 4) is 0 Å². The van der Waals surface area contributed by atoms with Crippen LogP contribution in [0.25, 0.3) is 0 Å². The summed E-state index contributed by atoms with van der Waals surface area (Å²) in [5.74, 6) is 0. The van der Waals surface area contributed by atoms with Gasteiger partial charge in [0.25, 0.3) is 0 Å². The van der Waals surface area contributed by atoms with Crippen LogP contribution in [0, 0.1) is 0 Å². The topological polar surface area (TPSA) is 80.9 Å². The molecule has 0 heterocycles. The second-order valence-electron chi connectivity index (χ2n) is 2.89. The maximum atomic E-state index is 8.24. The second kappa shape index (κ2) is 12.0. The van der Waals surface area contributed by atoms with Gasteiger partial charge in [0.05, 0.1) is 0 Å². The molecule has 0 aliphatic rings. The van der Waals surface area contributed by atoms with Gasteiger partial charge in [-0.1, -0.05) is 33.1 Å². The Labute approximate surface area is 80.9 Å². The molecule has 78 valence electrons. The van der Waals surface area contributed by atoms with E-state index in [1.54, 1.807) is 0 Å². The SMILES string of the molecule is CCCB(O)O.CCCCB(O)O. The van der Waals surface area contributed by atoms with E-state index in [2.05, 4.69) is 0 Å². The lowest BCUT2D eigenvalue weighted by molar-refractivity contribution is 0.402. The molecule has 0 saturated heterocycles. The zero-order valence-corrected chi connectivity index (χ0v) is 8.48. The predicted octanol–water partition coefficient (Wildman–Crippen LogP) is 0.128. The molecular weight excluding hydrogens is 170 g/mol. The molecule has 13 heavy (non-hydrogen) atoms. The van der Waals surface area contributed by atoms with E-state index in [9.17, 15) is 0 Å². The summed E-state index contributed by atoms with van der Waals surface area (Å²) in [4.78, 5) is 0. The fraction of sp³-hybridized carbons (Fsp3) is 1.00. The van der Waals surface area contributed by atoms with Crippen LogP contribution in [0.5, 0.6) is 0 Å². The van der Waals surface area contributed by atoms with Crippen LogP contribution in [0.2, 0.25) is 12.6 Å². The Kier molecular flexibility index (Phi) is 14.2. The fourth-order valence-electron chi connectivity index (χ4n) is 0.645. The molecule has 0 aromatic rings. The first-order chi connectivity index (χ1) is 6.04. The lowest BCUT2D eigenvalue weighted by Crippen LogP contribution is -2.08. The van der Waals surface area contributed by atoms with Gasteiger partial charge in [-0.15, -0.1) is 0 Å². The molecule has 0 atom stereocenters. The van der Waals surface area contributed by atoms with Crippen LogP contribution in [0.1, 0.15) is 33.1 Å². The van der Waals surface area contributed by atoms with E-state index >= 15 is 0 Å². The van der Waals surface area contributed by atoms with Gasteiger partial charge in [-0.25, -0.2) is 0 Å². The summed E-state index contributed by atoms with van der Waals surface area (Å²) in [6, 6.07) is 0. The molecule has 0 bridgehead atoms. The second-order valence-corrected chi connectivity index (χ2v) is 2.89. The molecule has 0 saturated carbocycles. The van der Waals surface area contributed by atoms with Crippen LogP contribution in [-0.4, -0.2) is 34.3 Å². The van der Waals surface area contributed by atoms with E-state index < -0.39 is 14.2 Å². The zero-order chi connectivity index (χ0) is 10.7. The molecule has 4 nitrogen and oxygen atoms in total. The molecule has 0 aromatic carbocycles. The highest BCUT2D eigenvalue weighted by atomic mass is 16.4. The number of unbranched alkanes of at least 4 members (excludes halogenated alkanes) is 1. The summed E-state index contributed by atoms with van der Waals surface area (Å²) in [5.41, 5.74) is 0. The Hall–Kier alpha value is -0.0301. The van der Waals surface area contributed by atoms with Crippen molar-refractivity contribution in [1.29, 1.82) is 0 Å².